The standard InChI is InChI=1S/C69H120O12/c1-4-7-10-13-16-19-22-25-27-29-31-33-35-38-40-43-46-49-52-55-61(70)77-58-60(79-62(71)56-53-50-47-44-42-39-36-34-32-30-28-26-23-20-17-14-11-8-5-2)59-78-69-67(65(74)64(73)66(81-69)68(75)76)80-63(72)57-54-51-48-45-41-37-24-21-18-15-12-9-6-3/h7,10,16,19,25,27,31,33,38,40,60,64-67,69,73-74H,4-6,8-9,11-15,17-18,20-24,26,28-30,32,34-37,39,41-59H2,1-3H3,(H,75,76)/b10-7-,19-16-,27-25-,33-31-,40-38-. The highest BCUT2D eigenvalue weighted by Gasteiger charge is 2.50. The molecular weight excluding hydrogens is 1020 g/mol. The number of aliphatic carboxylic acids is 1. The molecule has 0 aromatic heterocycles. The van der Waals surface area contributed by atoms with E-state index in [1.54, 1.807) is 0 Å². The van der Waals surface area contributed by atoms with E-state index in [-0.39, 0.29) is 25.9 Å². The first kappa shape index (κ1) is 75.4. The van der Waals surface area contributed by atoms with Crippen LogP contribution in [-0.4, -0.2) is 89.2 Å². The van der Waals surface area contributed by atoms with Crippen molar-refractivity contribution in [3.05, 3.63) is 60.8 Å². The van der Waals surface area contributed by atoms with E-state index in [2.05, 4.69) is 81.5 Å². The van der Waals surface area contributed by atoms with Gasteiger partial charge in [0.1, 0.15) is 18.8 Å². The Morgan fingerprint density at radius 2 is 0.778 bits per heavy atom. The first-order chi connectivity index (χ1) is 39.6. The molecule has 468 valence electrons. The third-order valence-corrected chi connectivity index (χ3v) is 15.1. The van der Waals surface area contributed by atoms with Gasteiger partial charge in [-0.25, -0.2) is 4.79 Å². The van der Waals surface area contributed by atoms with Crippen molar-refractivity contribution in [3.63, 3.8) is 0 Å². The van der Waals surface area contributed by atoms with Gasteiger partial charge in [-0.1, -0.05) is 281 Å². The van der Waals surface area contributed by atoms with Crippen molar-refractivity contribution in [2.24, 2.45) is 0 Å². The summed E-state index contributed by atoms with van der Waals surface area (Å²) in [6.07, 6.45) is 59.0. The van der Waals surface area contributed by atoms with Gasteiger partial charge in [-0.05, 0) is 64.2 Å². The Balaban J connectivity index is 2.66. The zero-order chi connectivity index (χ0) is 58.9. The predicted molar refractivity (Wildman–Crippen MR) is 331 cm³/mol. The van der Waals surface area contributed by atoms with Crippen LogP contribution in [0.5, 0.6) is 0 Å². The smallest absolute Gasteiger partial charge is 0.335 e. The van der Waals surface area contributed by atoms with Crippen LogP contribution in [-0.2, 0) is 42.9 Å². The van der Waals surface area contributed by atoms with Crippen LogP contribution in [0.15, 0.2) is 60.8 Å². The summed E-state index contributed by atoms with van der Waals surface area (Å²) in [5, 5.41) is 31.6. The molecule has 12 heteroatoms. The number of carbonyl (C=O) groups excluding carboxylic acids is 3. The molecule has 1 fully saturated rings. The second kappa shape index (κ2) is 56.9. The van der Waals surface area contributed by atoms with Gasteiger partial charge in [-0.15, -0.1) is 0 Å². The van der Waals surface area contributed by atoms with E-state index in [9.17, 15) is 34.5 Å². The third-order valence-electron chi connectivity index (χ3n) is 15.1. The van der Waals surface area contributed by atoms with Gasteiger partial charge in [0.25, 0.3) is 0 Å². The lowest BCUT2D eigenvalue weighted by Gasteiger charge is -2.40. The van der Waals surface area contributed by atoms with Crippen LogP contribution in [0.25, 0.3) is 0 Å². The van der Waals surface area contributed by atoms with Crippen LogP contribution >= 0.6 is 0 Å². The van der Waals surface area contributed by atoms with Gasteiger partial charge in [0, 0.05) is 19.3 Å². The number of aliphatic hydroxyl groups is 2. The Labute approximate surface area is 494 Å². The maximum atomic E-state index is 13.2. The van der Waals surface area contributed by atoms with Gasteiger partial charge in [0.05, 0.1) is 6.61 Å². The van der Waals surface area contributed by atoms with E-state index < -0.39 is 67.3 Å². The van der Waals surface area contributed by atoms with Crippen LogP contribution < -0.4 is 0 Å². The molecule has 0 spiro atoms. The third kappa shape index (κ3) is 46.5. The van der Waals surface area contributed by atoms with Gasteiger partial charge >= 0.3 is 23.9 Å². The van der Waals surface area contributed by atoms with Crippen LogP contribution in [0.2, 0.25) is 0 Å². The van der Waals surface area contributed by atoms with Crippen molar-refractivity contribution in [1.82, 2.24) is 0 Å². The molecule has 0 aromatic carbocycles. The van der Waals surface area contributed by atoms with E-state index >= 15 is 0 Å². The summed E-state index contributed by atoms with van der Waals surface area (Å²) in [5.74, 6) is -3.13. The lowest BCUT2D eigenvalue weighted by molar-refractivity contribution is -0.301. The van der Waals surface area contributed by atoms with Gasteiger partial charge in [0.15, 0.2) is 24.6 Å². The highest BCUT2D eigenvalue weighted by Crippen LogP contribution is 2.27. The Hall–Kier alpha value is -3.58. The maximum absolute atomic E-state index is 13.2. The lowest BCUT2D eigenvalue weighted by atomic mass is 9.98. The van der Waals surface area contributed by atoms with Crippen LogP contribution in [0.4, 0.5) is 0 Å². The second-order valence-corrected chi connectivity index (χ2v) is 22.7. The molecule has 6 unspecified atom stereocenters. The van der Waals surface area contributed by atoms with Crippen molar-refractivity contribution < 1.29 is 58.2 Å². The van der Waals surface area contributed by atoms with Crippen LogP contribution in [0, 0.1) is 0 Å². The van der Waals surface area contributed by atoms with E-state index in [1.165, 1.54) is 148 Å². The average molecular weight is 1140 g/mol. The monoisotopic (exact) mass is 1140 g/mol. The number of ether oxygens (including phenoxy) is 5. The topological polar surface area (TPSA) is 175 Å². The van der Waals surface area contributed by atoms with Gasteiger partial charge in [-0.2, -0.15) is 0 Å². The normalized spacial score (nSPS) is 18.1. The van der Waals surface area contributed by atoms with Crippen molar-refractivity contribution in [3.8, 4) is 0 Å². The Bertz CT molecular complexity index is 1640. The largest absolute Gasteiger partial charge is 0.479 e. The van der Waals surface area contributed by atoms with Crippen molar-refractivity contribution >= 4 is 23.9 Å². The molecule has 81 heavy (non-hydrogen) atoms. The summed E-state index contributed by atoms with van der Waals surface area (Å²) in [4.78, 5) is 51.3. The number of carboxylic acids is 1. The number of aliphatic hydroxyl groups excluding tert-OH is 2. The van der Waals surface area contributed by atoms with Gasteiger partial charge < -0.3 is 39.0 Å². The summed E-state index contributed by atoms with van der Waals surface area (Å²) in [6.45, 7) is 5.90. The summed E-state index contributed by atoms with van der Waals surface area (Å²) in [6, 6.07) is 0. The van der Waals surface area contributed by atoms with Crippen molar-refractivity contribution in [2.45, 2.75) is 340 Å². The Morgan fingerprint density at radius 1 is 0.420 bits per heavy atom. The second-order valence-electron chi connectivity index (χ2n) is 22.7. The van der Waals surface area contributed by atoms with Crippen molar-refractivity contribution in [1.29, 1.82) is 0 Å². The number of rotatable bonds is 57. The van der Waals surface area contributed by atoms with E-state index in [0.717, 1.165) is 96.3 Å². The highest BCUT2D eigenvalue weighted by molar-refractivity contribution is 5.74. The summed E-state index contributed by atoms with van der Waals surface area (Å²) in [7, 11) is 0. The van der Waals surface area contributed by atoms with Crippen LogP contribution in [0.1, 0.15) is 303 Å². The summed E-state index contributed by atoms with van der Waals surface area (Å²) < 4.78 is 28.5. The van der Waals surface area contributed by atoms with E-state index in [1.807, 2.05) is 0 Å². The maximum Gasteiger partial charge on any atom is 0.335 e. The number of carbonyl (C=O) groups is 4. The molecule has 1 saturated heterocycles. The average Bonchev–Trinajstić information content (AvgIpc) is 3.46. The number of allylic oxidation sites excluding steroid dienone is 10. The summed E-state index contributed by atoms with van der Waals surface area (Å²) in [5.41, 5.74) is 0. The molecule has 0 bridgehead atoms. The predicted octanol–water partition coefficient (Wildman–Crippen LogP) is 17.9. The first-order valence-electron chi connectivity index (χ1n) is 33.3. The molecule has 0 aromatic rings. The molecule has 1 heterocycles. The van der Waals surface area contributed by atoms with Gasteiger partial charge in [-0.3, -0.25) is 14.4 Å². The van der Waals surface area contributed by atoms with Gasteiger partial charge in [0.2, 0.25) is 0 Å². The SMILES string of the molecule is CC/C=C\C/C=C\C/C=C\C/C=C\C/C=C\CCCCCC(=O)OCC(COC1OC(C(=O)O)C(O)C(O)C1OC(=O)CCCCCCCCCCCCCCC)OC(=O)CCCCCCCCCCCCCCCCCCCCC. The Kier molecular flexibility index (Phi) is 53.0. The molecule has 0 saturated carbocycles. The fraction of sp³-hybridized carbons (Fsp3) is 0.797. The molecule has 12 nitrogen and oxygen atoms in total. The highest BCUT2D eigenvalue weighted by atomic mass is 16.7. The molecule has 0 aliphatic carbocycles. The molecule has 0 radical (unpaired) electrons. The van der Waals surface area contributed by atoms with Crippen molar-refractivity contribution in [2.75, 3.05) is 13.2 Å². The number of unbranched alkanes of at least 4 members (excludes halogenated alkanes) is 33. The zero-order valence-electron chi connectivity index (χ0n) is 51.8. The summed E-state index contributed by atoms with van der Waals surface area (Å²) >= 11 is 0. The minimum absolute atomic E-state index is 0.0607. The lowest BCUT2D eigenvalue weighted by Crippen LogP contribution is -2.61. The molecule has 0 amide bonds. The molecule has 6 atom stereocenters. The number of carboxylic acid groups (broad SMARTS) is 1. The Morgan fingerprint density at radius 3 is 1.19 bits per heavy atom. The quantitative estimate of drug-likeness (QED) is 0.0228. The number of esters is 3. The molecule has 3 N–H and O–H groups in total. The number of hydrogen-bond acceptors (Lipinski definition) is 11. The molecule has 1 rings (SSSR count). The fourth-order valence-corrected chi connectivity index (χ4v) is 10.0. The molecule has 1 aliphatic rings. The molecule has 1 aliphatic heterocycles. The number of hydrogen-bond donors (Lipinski definition) is 3. The first-order valence-corrected chi connectivity index (χ1v) is 33.3. The van der Waals surface area contributed by atoms with Crippen LogP contribution in [0.3, 0.4) is 0 Å². The van der Waals surface area contributed by atoms with E-state index in [0.29, 0.717) is 19.3 Å². The molecular formula is C69H120O12. The minimum Gasteiger partial charge on any atom is -0.479 e. The zero-order valence-corrected chi connectivity index (χ0v) is 51.8. The van der Waals surface area contributed by atoms with E-state index in [4.69, 9.17) is 23.7 Å². The fourth-order valence-electron chi connectivity index (χ4n) is 10.0. The minimum atomic E-state index is -1.91.